The molecule has 3 rings (SSSR count). The molecule has 2 amide bonds. The van der Waals surface area contributed by atoms with Crippen LogP contribution in [0.5, 0.6) is 5.75 Å². The molecule has 0 bridgehead atoms. The Hall–Kier alpha value is -3.34. The molecule has 1 atom stereocenters. The molecule has 1 saturated heterocycles. The molecule has 1 unspecified atom stereocenters. The van der Waals surface area contributed by atoms with Crippen LogP contribution in [-0.4, -0.2) is 47.6 Å². The first-order valence-corrected chi connectivity index (χ1v) is 10.6. The van der Waals surface area contributed by atoms with Crippen molar-refractivity contribution in [1.29, 1.82) is 0 Å². The van der Waals surface area contributed by atoms with Crippen LogP contribution in [0.4, 0.5) is 24.5 Å². The summed E-state index contributed by atoms with van der Waals surface area (Å²) in [5.41, 5.74) is -0.202. The number of piperazine rings is 1. The third kappa shape index (κ3) is 6.58. The van der Waals surface area contributed by atoms with Crippen LogP contribution >= 0.6 is 12.2 Å². The Morgan fingerprint density at radius 2 is 1.91 bits per heavy atom. The highest BCUT2D eigenvalue weighted by atomic mass is 32.1. The number of hydrogen-bond donors (Lipinski definition) is 3. The highest BCUT2D eigenvalue weighted by Crippen LogP contribution is 2.30. The van der Waals surface area contributed by atoms with Gasteiger partial charge in [0.1, 0.15) is 11.8 Å². The molecule has 33 heavy (non-hydrogen) atoms. The summed E-state index contributed by atoms with van der Waals surface area (Å²) < 4.78 is 44.1. The number of halogens is 3. The summed E-state index contributed by atoms with van der Waals surface area (Å²) in [4.78, 5) is 26.6. The van der Waals surface area contributed by atoms with Crippen LogP contribution < -0.4 is 20.7 Å². The molecule has 0 radical (unpaired) electrons. The smallest absolute Gasteiger partial charge is 0.416 e. The van der Waals surface area contributed by atoms with Crippen molar-refractivity contribution in [2.75, 3.05) is 30.3 Å². The first kappa shape index (κ1) is 24.3. The van der Waals surface area contributed by atoms with Crippen LogP contribution in [-0.2, 0) is 15.8 Å². The molecule has 1 fully saturated rings. The quantitative estimate of drug-likeness (QED) is 0.548. The van der Waals surface area contributed by atoms with Crippen LogP contribution in [0.15, 0.2) is 48.5 Å². The van der Waals surface area contributed by atoms with Crippen molar-refractivity contribution in [2.24, 2.45) is 0 Å². The maximum absolute atomic E-state index is 12.9. The van der Waals surface area contributed by atoms with Gasteiger partial charge in [-0.15, -0.1) is 0 Å². The maximum atomic E-state index is 12.9. The molecular formula is C22H23F3N4O3S. The predicted molar refractivity (Wildman–Crippen MR) is 122 cm³/mol. The van der Waals surface area contributed by atoms with Gasteiger partial charge < -0.3 is 25.6 Å². The molecule has 0 saturated carbocycles. The van der Waals surface area contributed by atoms with Gasteiger partial charge in [0, 0.05) is 24.5 Å². The van der Waals surface area contributed by atoms with Crippen LogP contribution in [0.1, 0.15) is 18.9 Å². The minimum Gasteiger partial charge on any atom is -0.494 e. The Kier molecular flexibility index (Phi) is 7.75. The third-order valence-corrected chi connectivity index (χ3v) is 5.20. The minimum absolute atomic E-state index is 0.00678. The summed E-state index contributed by atoms with van der Waals surface area (Å²) in [7, 11) is 0. The van der Waals surface area contributed by atoms with Crippen LogP contribution in [0.3, 0.4) is 0 Å². The largest absolute Gasteiger partial charge is 0.494 e. The van der Waals surface area contributed by atoms with Crippen molar-refractivity contribution in [3.05, 3.63) is 54.1 Å². The van der Waals surface area contributed by atoms with Crippen molar-refractivity contribution in [3.8, 4) is 5.75 Å². The summed E-state index contributed by atoms with van der Waals surface area (Å²) in [6, 6.07) is 10.5. The van der Waals surface area contributed by atoms with E-state index in [1.54, 1.807) is 29.2 Å². The van der Waals surface area contributed by atoms with Gasteiger partial charge in [0.05, 0.1) is 18.6 Å². The lowest BCUT2D eigenvalue weighted by atomic mass is 10.1. The topological polar surface area (TPSA) is 82.7 Å². The molecule has 3 N–H and O–H groups in total. The van der Waals surface area contributed by atoms with Gasteiger partial charge in [-0.25, -0.2) is 0 Å². The molecule has 11 heteroatoms. The van der Waals surface area contributed by atoms with Crippen molar-refractivity contribution >= 4 is 40.5 Å². The summed E-state index contributed by atoms with van der Waals surface area (Å²) in [5.74, 6) is -0.294. The number of nitrogens with zero attached hydrogens (tertiary/aromatic N) is 1. The lowest BCUT2D eigenvalue weighted by Crippen LogP contribution is -2.58. The lowest BCUT2D eigenvalue weighted by Gasteiger charge is -2.36. The summed E-state index contributed by atoms with van der Waals surface area (Å²) >= 11 is 5.46. The second-order valence-corrected chi connectivity index (χ2v) is 7.61. The molecule has 0 aliphatic carbocycles. The first-order chi connectivity index (χ1) is 15.7. The van der Waals surface area contributed by atoms with Gasteiger partial charge in [0.15, 0.2) is 5.11 Å². The van der Waals surface area contributed by atoms with E-state index in [1.807, 2.05) is 6.92 Å². The number of nitrogens with one attached hydrogen (secondary N) is 3. The zero-order chi connectivity index (χ0) is 24.0. The first-order valence-electron chi connectivity index (χ1n) is 10.2. The number of thiocarbonyl (C=S) groups is 1. The maximum Gasteiger partial charge on any atom is 0.416 e. The summed E-state index contributed by atoms with van der Waals surface area (Å²) in [6.07, 6.45) is -4.81. The van der Waals surface area contributed by atoms with E-state index in [0.717, 1.165) is 12.1 Å². The van der Waals surface area contributed by atoms with E-state index in [2.05, 4.69) is 16.0 Å². The Morgan fingerprint density at radius 3 is 2.58 bits per heavy atom. The fourth-order valence-electron chi connectivity index (χ4n) is 3.32. The van der Waals surface area contributed by atoms with Gasteiger partial charge in [-0.1, -0.05) is 6.07 Å². The van der Waals surface area contributed by atoms with E-state index < -0.39 is 29.6 Å². The monoisotopic (exact) mass is 480 g/mol. The highest BCUT2D eigenvalue weighted by Gasteiger charge is 2.34. The van der Waals surface area contributed by atoms with E-state index in [1.165, 1.54) is 12.1 Å². The normalized spacial score (nSPS) is 16.1. The van der Waals surface area contributed by atoms with Gasteiger partial charge >= 0.3 is 6.18 Å². The molecule has 2 aromatic rings. The fraction of sp³-hybridized carbons (Fsp3) is 0.318. The molecule has 176 valence electrons. The number of alkyl halides is 3. The Bertz CT molecular complexity index is 1010. The second kappa shape index (κ2) is 10.5. The van der Waals surface area contributed by atoms with Crippen LogP contribution in [0.2, 0.25) is 0 Å². The number of carbonyl (C=O) groups excluding carboxylic acids is 2. The molecular weight excluding hydrogens is 457 g/mol. The van der Waals surface area contributed by atoms with Crippen molar-refractivity contribution in [2.45, 2.75) is 25.6 Å². The molecule has 1 aliphatic rings. The standard InChI is InChI=1S/C22H23F3N4O3S/c1-2-32-17-8-6-15(7-9-17)28-21(33)29-11-10-26-20(31)18(29)13-19(30)27-16-5-3-4-14(12-16)22(23,24)25/h3-9,12,18H,2,10-11,13H2,1H3,(H,26,31)(H,27,30)(H,28,33). The second-order valence-electron chi connectivity index (χ2n) is 7.22. The average Bonchev–Trinajstić information content (AvgIpc) is 2.76. The number of anilines is 2. The van der Waals surface area contributed by atoms with Crippen molar-refractivity contribution < 1.29 is 27.5 Å². The third-order valence-electron chi connectivity index (χ3n) is 4.86. The Balaban J connectivity index is 1.66. The van der Waals surface area contributed by atoms with Crippen LogP contribution in [0.25, 0.3) is 0 Å². The molecule has 0 aromatic heterocycles. The number of benzene rings is 2. The van der Waals surface area contributed by atoms with E-state index in [-0.39, 0.29) is 17.2 Å². The highest BCUT2D eigenvalue weighted by molar-refractivity contribution is 7.80. The SMILES string of the molecule is CCOc1ccc(NC(=S)N2CCNC(=O)C2CC(=O)Nc2cccc(C(F)(F)F)c2)cc1. The van der Waals surface area contributed by atoms with E-state index in [4.69, 9.17) is 17.0 Å². The molecule has 0 spiro atoms. The van der Waals surface area contributed by atoms with Crippen molar-refractivity contribution in [3.63, 3.8) is 0 Å². The number of carbonyl (C=O) groups is 2. The molecule has 7 nitrogen and oxygen atoms in total. The average molecular weight is 481 g/mol. The summed E-state index contributed by atoms with van der Waals surface area (Å²) in [5, 5.41) is 8.41. The minimum atomic E-state index is -4.53. The molecule has 2 aromatic carbocycles. The van der Waals surface area contributed by atoms with Gasteiger partial charge in [-0.05, 0) is 61.6 Å². The van der Waals surface area contributed by atoms with Crippen LogP contribution in [0, 0.1) is 0 Å². The van der Waals surface area contributed by atoms with Gasteiger partial charge in [-0.2, -0.15) is 13.2 Å². The van der Waals surface area contributed by atoms with Crippen molar-refractivity contribution in [1.82, 2.24) is 10.2 Å². The van der Waals surface area contributed by atoms with E-state index >= 15 is 0 Å². The number of amides is 2. The van der Waals surface area contributed by atoms with Gasteiger partial charge in [0.2, 0.25) is 11.8 Å². The van der Waals surface area contributed by atoms with Gasteiger partial charge in [0.25, 0.3) is 0 Å². The van der Waals surface area contributed by atoms with E-state index in [9.17, 15) is 22.8 Å². The number of ether oxygens (including phenoxy) is 1. The Labute approximate surface area is 194 Å². The predicted octanol–water partition coefficient (Wildman–Crippen LogP) is 3.63. The zero-order valence-corrected chi connectivity index (χ0v) is 18.6. The molecule has 1 heterocycles. The number of rotatable bonds is 6. The molecule has 1 aliphatic heterocycles. The van der Waals surface area contributed by atoms with Gasteiger partial charge in [-0.3, -0.25) is 9.59 Å². The summed E-state index contributed by atoms with van der Waals surface area (Å²) in [6.45, 7) is 3.14. The number of hydrogen-bond acceptors (Lipinski definition) is 4. The zero-order valence-electron chi connectivity index (χ0n) is 17.7. The Morgan fingerprint density at radius 1 is 1.18 bits per heavy atom. The fourth-order valence-corrected chi connectivity index (χ4v) is 3.65. The lowest BCUT2D eigenvalue weighted by molar-refractivity contribution is -0.137. The van der Waals surface area contributed by atoms with E-state index in [0.29, 0.717) is 31.1 Å².